The third-order valence-corrected chi connectivity index (χ3v) is 6.77. The van der Waals surface area contributed by atoms with Gasteiger partial charge in [-0.05, 0) is 22.6 Å². The lowest BCUT2D eigenvalue weighted by atomic mass is 10.1. The van der Waals surface area contributed by atoms with Gasteiger partial charge in [-0.2, -0.15) is 0 Å². The molecule has 0 saturated heterocycles. The fourth-order valence-corrected chi connectivity index (χ4v) is 4.87. The van der Waals surface area contributed by atoms with Gasteiger partial charge in [0.05, 0.1) is 11.4 Å². The summed E-state index contributed by atoms with van der Waals surface area (Å²) in [5.74, 6) is 0.317. The number of amides is 3. The molecule has 0 bridgehead atoms. The molecule has 1 atom stereocenters. The standard InChI is InChI=1S/C23H21N5O2S2/c1-24-22(30)25-21(29)19(17-11-6-3-7-12-17)32-23-27-26-20(18-13-8-14-31-18)28(23)15-16-9-4-2-5-10-16/h2-14,19H,15H2,1H3,(H2,24,25,29,30)/t19-/m1/s1. The van der Waals surface area contributed by atoms with Crippen LogP contribution in [0.1, 0.15) is 16.4 Å². The minimum Gasteiger partial charge on any atom is -0.341 e. The van der Waals surface area contributed by atoms with Crippen molar-refractivity contribution in [3.05, 3.63) is 89.3 Å². The molecular weight excluding hydrogens is 442 g/mol. The van der Waals surface area contributed by atoms with Crippen LogP contribution < -0.4 is 10.6 Å². The Balaban J connectivity index is 1.71. The number of benzene rings is 2. The van der Waals surface area contributed by atoms with Gasteiger partial charge >= 0.3 is 6.03 Å². The average molecular weight is 464 g/mol. The van der Waals surface area contributed by atoms with Crippen LogP contribution in [0.15, 0.2) is 83.3 Å². The molecule has 0 spiro atoms. The molecular formula is C23H21N5O2S2. The van der Waals surface area contributed by atoms with Crippen LogP contribution in [0, 0.1) is 0 Å². The van der Waals surface area contributed by atoms with Gasteiger partial charge in [0.15, 0.2) is 11.0 Å². The first kappa shape index (κ1) is 21.8. The molecule has 0 unspecified atom stereocenters. The molecule has 3 amide bonds. The Bertz CT molecular complexity index is 1180. The summed E-state index contributed by atoms with van der Waals surface area (Å²) in [6.07, 6.45) is 0. The van der Waals surface area contributed by atoms with Crippen LogP contribution in [-0.4, -0.2) is 33.8 Å². The van der Waals surface area contributed by atoms with E-state index in [-0.39, 0.29) is 0 Å². The zero-order valence-electron chi connectivity index (χ0n) is 17.3. The molecule has 0 fully saturated rings. The van der Waals surface area contributed by atoms with Gasteiger partial charge in [0.2, 0.25) is 5.91 Å². The highest BCUT2D eigenvalue weighted by Crippen LogP contribution is 2.37. The minimum atomic E-state index is -0.677. The van der Waals surface area contributed by atoms with Crippen molar-refractivity contribution in [3.8, 4) is 10.7 Å². The summed E-state index contributed by atoms with van der Waals surface area (Å²) in [5, 5.41) is 15.6. The normalized spacial score (nSPS) is 11.7. The van der Waals surface area contributed by atoms with Gasteiger partial charge in [0.1, 0.15) is 5.25 Å². The number of nitrogens with one attached hydrogen (secondary N) is 2. The summed E-state index contributed by atoms with van der Waals surface area (Å²) >= 11 is 2.85. The van der Waals surface area contributed by atoms with Crippen LogP contribution in [0.25, 0.3) is 10.7 Å². The Morgan fingerprint density at radius 2 is 1.72 bits per heavy atom. The first-order chi connectivity index (χ1) is 15.7. The van der Waals surface area contributed by atoms with Gasteiger partial charge < -0.3 is 5.32 Å². The molecule has 0 saturated carbocycles. The molecule has 2 aromatic heterocycles. The van der Waals surface area contributed by atoms with E-state index in [1.165, 1.54) is 18.8 Å². The topological polar surface area (TPSA) is 88.9 Å². The van der Waals surface area contributed by atoms with Crippen molar-refractivity contribution in [3.63, 3.8) is 0 Å². The summed E-state index contributed by atoms with van der Waals surface area (Å²) < 4.78 is 2.01. The number of carbonyl (C=O) groups is 2. The van der Waals surface area contributed by atoms with Crippen LogP contribution in [0.3, 0.4) is 0 Å². The van der Waals surface area contributed by atoms with Crippen molar-refractivity contribution in [1.29, 1.82) is 0 Å². The summed E-state index contributed by atoms with van der Waals surface area (Å²) in [4.78, 5) is 25.8. The predicted octanol–water partition coefficient (Wildman–Crippen LogP) is 4.34. The van der Waals surface area contributed by atoms with Crippen LogP contribution >= 0.6 is 23.1 Å². The van der Waals surface area contributed by atoms with Crippen molar-refractivity contribution < 1.29 is 9.59 Å². The highest BCUT2D eigenvalue weighted by atomic mass is 32.2. The quantitative estimate of drug-likeness (QED) is 0.398. The van der Waals surface area contributed by atoms with Crippen LogP contribution in [0.4, 0.5) is 4.79 Å². The SMILES string of the molecule is CNC(=O)NC(=O)[C@H](Sc1nnc(-c2cccs2)n1Cc1ccccc1)c1ccccc1. The van der Waals surface area contributed by atoms with Crippen molar-refractivity contribution >= 4 is 35.0 Å². The van der Waals surface area contributed by atoms with E-state index in [0.29, 0.717) is 11.7 Å². The zero-order valence-corrected chi connectivity index (χ0v) is 18.9. The maximum Gasteiger partial charge on any atom is 0.321 e. The van der Waals surface area contributed by atoms with E-state index in [1.807, 2.05) is 82.7 Å². The van der Waals surface area contributed by atoms with Gasteiger partial charge in [0.25, 0.3) is 0 Å². The van der Waals surface area contributed by atoms with Crippen molar-refractivity contribution in [2.75, 3.05) is 7.05 Å². The predicted molar refractivity (Wildman–Crippen MR) is 127 cm³/mol. The molecule has 2 heterocycles. The molecule has 4 aromatic rings. The number of hydrogen-bond donors (Lipinski definition) is 2. The Hall–Kier alpha value is -3.43. The van der Waals surface area contributed by atoms with Crippen molar-refractivity contribution in [2.45, 2.75) is 17.0 Å². The average Bonchev–Trinajstić information content (AvgIpc) is 3.49. The lowest BCUT2D eigenvalue weighted by molar-refractivity contribution is -0.119. The number of imide groups is 1. The molecule has 0 aliphatic heterocycles. The number of thiophene rings is 1. The second kappa shape index (κ2) is 10.3. The fourth-order valence-electron chi connectivity index (χ4n) is 3.12. The van der Waals surface area contributed by atoms with E-state index < -0.39 is 17.2 Å². The molecule has 2 aromatic carbocycles. The van der Waals surface area contributed by atoms with E-state index in [1.54, 1.807) is 11.3 Å². The number of carbonyl (C=O) groups excluding carboxylic acids is 2. The summed E-state index contributed by atoms with van der Waals surface area (Å²) in [6, 6.07) is 22.8. The second-order valence-corrected chi connectivity index (χ2v) is 8.85. The number of aromatic nitrogens is 3. The van der Waals surface area contributed by atoms with Gasteiger partial charge in [-0.1, -0.05) is 78.5 Å². The fraction of sp³-hybridized carbons (Fsp3) is 0.130. The van der Waals surface area contributed by atoms with Gasteiger partial charge in [-0.25, -0.2) is 4.79 Å². The Morgan fingerprint density at radius 1 is 1.00 bits per heavy atom. The number of thioether (sulfide) groups is 1. The molecule has 2 N–H and O–H groups in total. The molecule has 162 valence electrons. The van der Waals surface area contributed by atoms with Gasteiger partial charge in [0, 0.05) is 7.05 Å². The number of rotatable bonds is 7. The minimum absolute atomic E-state index is 0.424. The van der Waals surface area contributed by atoms with E-state index >= 15 is 0 Å². The van der Waals surface area contributed by atoms with E-state index in [0.717, 1.165) is 21.8 Å². The molecule has 4 rings (SSSR count). The van der Waals surface area contributed by atoms with Crippen molar-refractivity contribution in [1.82, 2.24) is 25.4 Å². The maximum absolute atomic E-state index is 13.0. The highest BCUT2D eigenvalue weighted by Gasteiger charge is 2.27. The van der Waals surface area contributed by atoms with E-state index in [9.17, 15) is 9.59 Å². The number of urea groups is 1. The van der Waals surface area contributed by atoms with E-state index in [4.69, 9.17) is 0 Å². The molecule has 0 radical (unpaired) electrons. The Labute approximate surface area is 193 Å². The molecule has 0 aliphatic rings. The Morgan fingerprint density at radius 3 is 2.38 bits per heavy atom. The highest BCUT2D eigenvalue weighted by molar-refractivity contribution is 8.00. The summed E-state index contributed by atoms with van der Waals surface area (Å²) in [7, 11) is 1.47. The van der Waals surface area contributed by atoms with Crippen LogP contribution in [0.5, 0.6) is 0 Å². The van der Waals surface area contributed by atoms with Crippen LogP contribution in [0.2, 0.25) is 0 Å². The first-order valence-corrected chi connectivity index (χ1v) is 11.7. The second-order valence-electron chi connectivity index (χ2n) is 6.83. The molecule has 0 aliphatic carbocycles. The van der Waals surface area contributed by atoms with Gasteiger partial charge in [-0.3, -0.25) is 14.7 Å². The Kier molecular flexibility index (Phi) is 6.98. The summed E-state index contributed by atoms with van der Waals surface area (Å²) in [6.45, 7) is 0.558. The molecule has 9 heteroatoms. The monoisotopic (exact) mass is 463 g/mol. The largest absolute Gasteiger partial charge is 0.341 e. The summed E-state index contributed by atoms with van der Waals surface area (Å²) in [5.41, 5.74) is 1.86. The van der Waals surface area contributed by atoms with Gasteiger partial charge in [-0.15, -0.1) is 21.5 Å². The third-order valence-electron chi connectivity index (χ3n) is 4.67. The van der Waals surface area contributed by atoms with Crippen LogP contribution in [-0.2, 0) is 11.3 Å². The lowest BCUT2D eigenvalue weighted by Crippen LogP contribution is -2.39. The lowest BCUT2D eigenvalue weighted by Gasteiger charge is -2.17. The maximum atomic E-state index is 13.0. The number of hydrogen-bond acceptors (Lipinski definition) is 6. The van der Waals surface area contributed by atoms with E-state index in [2.05, 4.69) is 20.8 Å². The number of nitrogens with zero attached hydrogens (tertiary/aromatic N) is 3. The van der Waals surface area contributed by atoms with Crippen molar-refractivity contribution in [2.24, 2.45) is 0 Å². The third kappa shape index (κ3) is 5.06. The molecule has 7 nitrogen and oxygen atoms in total. The zero-order chi connectivity index (χ0) is 22.3. The first-order valence-electron chi connectivity index (χ1n) is 9.91. The molecule has 32 heavy (non-hydrogen) atoms. The smallest absolute Gasteiger partial charge is 0.321 e.